The Hall–Kier alpha value is -1.24. The number of hydrogen-bond donors (Lipinski definition) is 0. The van der Waals surface area contributed by atoms with Gasteiger partial charge in [0.05, 0.1) is 18.1 Å². The van der Waals surface area contributed by atoms with Crippen molar-refractivity contribution in [1.82, 2.24) is 4.98 Å². The summed E-state index contributed by atoms with van der Waals surface area (Å²) >= 11 is 0. The summed E-state index contributed by atoms with van der Waals surface area (Å²) in [5.74, 6) is -3.61. The van der Waals surface area contributed by atoms with Gasteiger partial charge in [0.1, 0.15) is 0 Å². The largest absolute Gasteiger partial charge is 0.376 e. The van der Waals surface area contributed by atoms with E-state index < -0.39 is 27.5 Å². The van der Waals surface area contributed by atoms with E-state index in [1.165, 1.54) is 6.92 Å². The summed E-state index contributed by atoms with van der Waals surface area (Å²) in [6.07, 6.45) is 1.34. The van der Waals surface area contributed by atoms with E-state index in [1.807, 2.05) is 0 Å². The minimum Gasteiger partial charge on any atom is -0.376 e. The molecule has 1 aromatic heterocycles. The van der Waals surface area contributed by atoms with E-state index in [1.54, 1.807) is 0 Å². The average molecular weight is 223 g/mol. The molecule has 78 valence electrons. The van der Waals surface area contributed by atoms with Crippen molar-refractivity contribution in [3.8, 4) is 5.75 Å². The van der Waals surface area contributed by atoms with Crippen LogP contribution in [0, 0.1) is 11.6 Å². The number of halogens is 2. The Balaban J connectivity index is 3.09. The lowest BCUT2D eigenvalue weighted by Gasteiger charge is -2.05. The van der Waals surface area contributed by atoms with Gasteiger partial charge in [-0.15, -0.1) is 0 Å². The topological polar surface area (TPSA) is 56.3 Å². The fourth-order valence-electron chi connectivity index (χ4n) is 0.665. The molecule has 0 aliphatic heterocycles. The number of pyridine rings is 1. The van der Waals surface area contributed by atoms with E-state index in [4.69, 9.17) is 0 Å². The first-order valence-electron chi connectivity index (χ1n) is 3.67. The van der Waals surface area contributed by atoms with Crippen LogP contribution in [0.3, 0.4) is 0 Å². The van der Waals surface area contributed by atoms with Crippen molar-refractivity contribution in [2.45, 2.75) is 6.92 Å². The van der Waals surface area contributed by atoms with Crippen LogP contribution in [0.15, 0.2) is 12.4 Å². The van der Waals surface area contributed by atoms with Crippen molar-refractivity contribution in [3.63, 3.8) is 0 Å². The van der Waals surface area contributed by atoms with Gasteiger partial charge in [-0.3, -0.25) is 4.98 Å². The van der Waals surface area contributed by atoms with Crippen molar-refractivity contribution in [2.24, 2.45) is 0 Å². The number of hydrogen-bond acceptors (Lipinski definition) is 4. The lowest BCUT2D eigenvalue weighted by atomic mass is 10.4. The van der Waals surface area contributed by atoms with E-state index in [9.17, 15) is 17.2 Å². The summed E-state index contributed by atoms with van der Waals surface area (Å²) < 4.78 is 51.6. The van der Waals surface area contributed by atoms with Gasteiger partial charge < -0.3 is 4.18 Å². The predicted molar refractivity (Wildman–Crippen MR) is 44.2 cm³/mol. The van der Waals surface area contributed by atoms with E-state index in [2.05, 4.69) is 9.17 Å². The molecule has 7 heteroatoms. The van der Waals surface area contributed by atoms with Crippen LogP contribution in [0.5, 0.6) is 5.75 Å². The van der Waals surface area contributed by atoms with Crippen LogP contribution in [-0.2, 0) is 10.1 Å². The van der Waals surface area contributed by atoms with Gasteiger partial charge >= 0.3 is 10.1 Å². The molecule has 14 heavy (non-hydrogen) atoms. The third kappa shape index (κ3) is 2.38. The van der Waals surface area contributed by atoms with E-state index >= 15 is 0 Å². The molecule has 0 fully saturated rings. The first-order chi connectivity index (χ1) is 6.46. The monoisotopic (exact) mass is 223 g/mol. The molecule has 0 atom stereocenters. The maximum absolute atomic E-state index is 12.8. The van der Waals surface area contributed by atoms with Gasteiger partial charge in [-0.2, -0.15) is 8.42 Å². The second-order valence-corrected chi connectivity index (χ2v) is 4.22. The summed E-state index contributed by atoms with van der Waals surface area (Å²) in [6, 6.07) is 0. The lowest BCUT2D eigenvalue weighted by molar-refractivity contribution is 0.431. The smallest absolute Gasteiger partial charge is 0.309 e. The second-order valence-electron chi connectivity index (χ2n) is 2.36. The van der Waals surface area contributed by atoms with Crippen LogP contribution in [0.2, 0.25) is 0 Å². The van der Waals surface area contributed by atoms with E-state index in [-0.39, 0.29) is 5.75 Å². The van der Waals surface area contributed by atoms with Gasteiger partial charge in [0.25, 0.3) is 0 Å². The summed E-state index contributed by atoms with van der Waals surface area (Å²) in [5.41, 5.74) is 0. The number of nitrogens with zero attached hydrogens (tertiary/aromatic N) is 1. The van der Waals surface area contributed by atoms with E-state index in [0.29, 0.717) is 12.4 Å². The molecule has 0 spiro atoms. The third-order valence-electron chi connectivity index (χ3n) is 1.37. The molecule has 0 aliphatic rings. The Kier molecular flexibility index (Phi) is 3.00. The van der Waals surface area contributed by atoms with Crippen LogP contribution in [0.25, 0.3) is 0 Å². The van der Waals surface area contributed by atoms with Crippen LogP contribution < -0.4 is 4.18 Å². The third-order valence-corrected chi connectivity index (χ3v) is 2.50. The molecule has 1 aromatic rings. The SMILES string of the molecule is CCS(=O)(=O)Oc1c(F)cncc1F. The van der Waals surface area contributed by atoms with Crippen molar-refractivity contribution in [2.75, 3.05) is 5.75 Å². The maximum atomic E-state index is 12.8. The molecule has 4 nitrogen and oxygen atoms in total. The van der Waals surface area contributed by atoms with E-state index in [0.717, 1.165) is 0 Å². The second kappa shape index (κ2) is 3.87. The molecule has 0 N–H and O–H groups in total. The molecule has 0 saturated carbocycles. The molecule has 0 radical (unpaired) electrons. The summed E-state index contributed by atoms with van der Waals surface area (Å²) in [5, 5.41) is 0. The molecule has 1 heterocycles. The molecule has 1 rings (SSSR count). The Morgan fingerprint density at radius 3 is 2.29 bits per heavy atom. The summed E-state index contributed by atoms with van der Waals surface area (Å²) in [6.45, 7) is 1.30. The summed E-state index contributed by atoms with van der Waals surface area (Å²) in [4.78, 5) is 3.18. The molecular weight excluding hydrogens is 216 g/mol. The van der Waals surface area contributed by atoms with Crippen LogP contribution >= 0.6 is 0 Å². The molecular formula is C7H7F2NO3S. The zero-order valence-electron chi connectivity index (χ0n) is 7.20. The van der Waals surface area contributed by atoms with Gasteiger partial charge in [-0.05, 0) is 6.92 Å². The standard InChI is InChI=1S/C7H7F2NO3S/c1-2-14(11,12)13-7-5(8)3-10-4-6(7)9/h3-4H,2H2,1H3. The van der Waals surface area contributed by atoms with Gasteiger partial charge in [0.15, 0.2) is 11.6 Å². The number of rotatable bonds is 3. The van der Waals surface area contributed by atoms with Gasteiger partial charge in [0, 0.05) is 0 Å². The molecule has 0 unspecified atom stereocenters. The molecule has 0 bridgehead atoms. The first kappa shape index (κ1) is 10.8. The highest BCUT2D eigenvalue weighted by Gasteiger charge is 2.17. The van der Waals surface area contributed by atoms with Crippen LogP contribution in [0.1, 0.15) is 6.92 Å². The number of aromatic nitrogens is 1. The highest BCUT2D eigenvalue weighted by Crippen LogP contribution is 2.21. The normalized spacial score (nSPS) is 11.4. The van der Waals surface area contributed by atoms with Crippen molar-refractivity contribution in [1.29, 1.82) is 0 Å². The Bertz CT molecular complexity index is 412. The average Bonchev–Trinajstić information content (AvgIpc) is 2.12. The van der Waals surface area contributed by atoms with Crippen molar-refractivity contribution < 1.29 is 21.4 Å². The lowest BCUT2D eigenvalue weighted by Crippen LogP contribution is -2.13. The zero-order valence-corrected chi connectivity index (χ0v) is 8.01. The van der Waals surface area contributed by atoms with Gasteiger partial charge in [-0.1, -0.05) is 0 Å². The first-order valence-corrected chi connectivity index (χ1v) is 5.25. The molecule has 0 aromatic carbocycles. The zero-order chi connectivity index (χ0) is 10.8. The minimum absolute atomic E-state index is 0.367. The fraction of sp³-hybridized carbons (Fsp3) is 0.286. The van der Waals surface area contributed by atoms with Crippen LogP contribution in [0.4, 0.5) is 8.78 Å². The Morgan fingerprint density at radius 1 is 1.36 bits per heavy atom. The van der Waals surface area contributed by atoms with Gasteiger partial charge in [-0.25, -0.2) is 8.78 Å². The summed E-state index contributed by atoms with van der Waals surface area (Å²) in [7, 11) is -3.93. The molecule has 0 saturated heterocycles. The van der Waals surface area contributed by atoms with Gasteiger partial charge in [0.2, 0.25) is 5.75 Å². The molecule has 0 amide bonds. The van der Waals surface area contributed by atoms with Crippen molar-refractivity contribution >= 4 is 10.1 Å². The Labute approximate surface area is 79.7 Å². The van der Waals surface area contributed by atoms with Crippen LogP contribution in [-0.4, -0.2) is 19.2 Å². The minimum atomic E-state index is -3.93. The quantitative estimate of drug-likeness (QED) is 0.720. The highest BCUT2D eigenvalue weighted by atomic mass is 32.2. The van der Waals surface area contributed by atoms with Crippen molar-refractivity contribution in [3.05, 3.63) is 24.0 Å². The molecule has 0 aliphatic carbocycles. The Morgan fingerprint density at radius 2 is 1.86 bits per heavy atom. The predicted octanol–water partition coefficient (Wildman–Crippen LogP) is 1.09. The highest BCUT2D eigenvalue weighted by molar-refractivity contribution is 7.87. The fourth-order valence-corrected chi connectivity index (χ4v) is 1.20. The maximum Gasteiger partial charge on any atom is 0.309 e.